The maximum atomic E-state index is 13.3. The first kappa shape index (κ1) is 21.4. The highest BCUT2D eigenvalue weighted by Gasteiger charge is 2.30. The van der Waals surface area contributed by atoms with Gasteiger partial charge in [0.25, 0.3) is 15.7 Å². The third-order valence-electron chi connectivity index (χ3n) is 4.39. The molecule has 2 aromatic carbocycles. The smallest absolute Gasteiger partial charge is 0.326 e. The van der Waals surface area contributed by atoms with E-state index in [1.807, 2.05) is 13.0 Å². The molecule has 0 heterocycles. The number of anilines is 1. The summed E-state index contributed by atoms with van der Waals surface area (Å²) >= 11 is 0. The van der Waals surface area contributed by atoms with E-state index < -0.39 is 27.5 Å². The minimum atomic E-state index is -4.25. The second-order valence-corrected chi connectivity index (χ2v) is 8.10. The fourth-order valence-electron chi connectivity index (χ4n) is 2.70. The third kappa shape index (κ3) is 4.30. The summed E-state index contributed by atoms with van der Waals surface area (Å²) in [7, 11) is -4.25. The lowest BCUT2D eigenvalue weighted by Gasteiger charge is -2.25. The Morgan fingerprint density at radius 3 is 2.43 bits per heavy atom. The van der Waals surface area contributed by atoms with Crippen LogP contribution in [0.1, 0.15) is 23.6 Å². The molecule has 2 aromatic rings. The number of ether oxygens (including phenoxy) is 1. The molecule has 9 heteroatoms. The molecule has 0 aliphatic carbocycles. The van der Waals surface area contributed by atoms with Gasteiger partial charge in [-0.05, 0) is 51.0 Å². The van der Waals surface area contributed by atoms with Crippen LogP contribution in [0.3, 0.4) is 0 Å². The zero-order chi connectivity index (χ0) is 21.1. The summed E-state index contributed by atoms with van der Waals surface area (Å²) in [6, 6.07) is 8.76. The van der Waals surface area contributed by atoms with Crippen molar-refractivity contribution in [2.24, 2.45) is 0 Å². The van der Waals surface area contributed by atoms with Gasteiger partial charge in [0.05, 0.1) is 22.1 Å². The van der Waals surface area contributed by atoms with E-state index in [-0.39, 0.29) is 17.2 Å². The van der Waals surface area contributed by atoms with E-state index in [1.165, 1.54) is 19.1 Å². The molecule has 2 rings (SSSR count). The molecule has 0 fully saturated rings. The van der Waals surface area contributed by atoms with E-state index in [0.29, 0.717) is 16.8 Å². The standard InChI is InChI=1S/C19H22N2O6S/c1-5-27-19(22)12-20(17-8-6-7-13(2)15(17)4)28(25,26)16-10-9-14(3)18(11-16)21(23)24/h6-11H,5,12H2,1-4H3. The second kappa shape index (κ2) is 8.39. The lowest BCUT2D eigenvalue weighted by molar-refractivity contribution is -0.385. The predicted molar refractivity (Wildman–Crippen MR) is 105 cm³/mol. The molecule has 0 saturated heterocycles. The number of nitro benzene ring substituents is 1. The van der Waals surface area contributed by atoms with E-state index >= 15 is 0 Å². The summed E-state index contributed by atoms with van der Waals surface area (Å²) in [4.78, 5) is 22.4. The maximum Gasteiger partial charge on any atom is 0.326 e. The van der Waals surface area contributed by atoms with Crippen LogP contribution in [0, 0.1) is 30.9 Å². The largest absolute Gasteiger partial charge is 0.465 e. The fraction of sp³-hybridized carbons (Fsp3) is 0.316. The van der Waals surface area contributed by atoms with Crippen molar-refractivity contribution in [1.29, 1.82) is 0 Å². The Labute approximate surface area is 163 Å². The second-order valence-electron chi connectivity index (χ2n) is 6.24. The normalized spacial score (nSPS) is 11.1. The first-order valence-electron chi connectivity index (χ1n) is 8.59. The lowest BCUT2D eigenvalue weighted by Crippen LogP contribution is -2.37. The van der Waals surface area contributed by atoms with Gasteiger partial charge in [0.15, 0.2) is 0 Å². The van der Waals surface area contributed by atoms with Crippen LogP contribution >= 0.6 is 0 Å². The maximum absolute atomic E-state index is 13.3. The number of nitro groups is 1. The van der Waals surface area contributed by atoms with Gasteiger partial charge in [-0.2, -0.15) is 0 Å². The van der Waals surface area contributed by atoms with E-state index in [0.717, 1.165) is 15.9 Å². The van der Waals surface area contributed by atoms with Crippen LogP contribution in [0.15, 0.2) is 41.3 Å². The highest BCUT2D eigenvalue weighted by molar-refractivity contribution is 7.92. The summed E-state index contributed by atoms with van der Waals surface area (Å²) in [5.41, 5.74) is 1.87. The van der Waals surface area contributed by atoms with Crippen molar-refractivity contribution in [2.45, 2.75) is 32.6 Å². The number of benzene rings is 2. The Bertz CT molecular complexity index is 1020. The van der Waals surface area contributed by atoms with Gasteiger partial charge in [-0.15, -0.1) is 0 Å². The van der Waals surface area contributed by atoms with Gasteiger partial charge in [-0.3, -0.25) is 19.2 Å². The molecule has 0 amide bonds. The number of hydrogen-bond donors (Lipinski definition) is 0. The molecule has 0 aliphatic heterocycles. The quantitative estimate of drug-likeness (QED) is 0.397. The summed E-state index contributed by atoms with van der Waals surface area (Å²) in [5, 5.41) is 11.2. The summed E-state index contributed by atoms with van der Waals surface area (Å²) < 4.78 is 32.5. The SMILES string of the molecule is CCOC(=O)CN(c1cccc(C)c1C)S(=O)(=O)c1ccc(C)c([N+](=O)[O-])c1. The van der Waals surface area contributed by atoms with Gasteiger partial charge in [-0.1, -0.05) is 18.2 Å². The van der Waals surface area contributed by atoms with Gasteiger partial charge in [-0.25, -0.2) is 8.42 Å². The van der Waals surface area contributed by atoms with Crippen molar-refractivity contribution >= 4 is 27.4 Å². The molecule has 0 aromatic heterocycles. The van der Waals surface area contributed by atoms with Gasteiger partial charge in [0.2, 0.25) is 0 Å². The lowest BCUT2D eigenvalue weighted by atomic mass is 10.1. The van der Waals surface area contributed by atoms with Gasteiger partial charge in [0.1, 0.15) is 6.54 Å². The number of hydrogen-bond acceptors (Lipinski definition) is 6. The average Bonchev–Trinajstić information content (AvgIpc) is 2.62. The van der Waals surface area contributed by atoms with E-state index in [2.05, 4.69) is 0 Å². The molecule has 0 aliphatic rings. The van der Waals surface area contributed by atoms with E-state index in [4.69, 9.17) is 4.74 Å². The highest BCUT2D eigenvalue weighted by atomic mass is 32.2. The Balaban J connectivity index is 2.65. The zero-order valence-electron chi connectivity index (χ0n) is 16.1. The molecule has 0 N–H and O–H groups in total. The Kier molecular flexibility index (Phi) is 6.40. The van der Waals surface area contributed by atoms with Crippen molar-refractivity contribution < 1.29 is 22.9 Å². The first-order valence-corrected chi connectivity index (χ1v) is 10.0. The third-order valence-corrected chi connectivity index (χ3v) is 6.14. The molecule has 0 bridgehead atoms. The van der Waals surface area contributed by atoms with Crippen molar-refractivity contribution in [1.82, 2.24) is 0 Å². The zero-order valence-corrected chi connectivity index (χ0v) is 16.9. The Hall–Kier alpha value is -2.94. The topological polar surface area (TPSA) is 107 Å². The van der Waals surface area contributed by atoms with Gasteiger partial charge < -0.3 is 4.74 Å². The summed E-state index contributed by atoms with van der Waals surface area (Å²) in [6.45, 7) is 6.28. The number of sulfonamides is 1. The molecule has 0 atom stereocenters. The fourth-order valence-corrected chi connectivity index (χ4v) is 4.19. The minimum Gasteiger partial charge on any atom is -0.465 e. The monoisotopic (exact) mass is 406 g/mol. The van der Waals surface area contributed by atoms with E-state index in [1.54, 1.807) is 26.0 Å². The summed E-state index contributed by atoms with van der Waals surface area (Å²) in [6.07, 6.45) is 0. The molecule has 28 heavy (non-hydrogen) atoms. The van der Waals surface area contributed by atoms with Crippen LogP contribution < -0.4 is 4.31 Å². The number of carbonyl (C=O) groups is 1. The molecule has 0 saturated carbocycles. The van der Waals surface area contributed by atoms with Crippen molar-refractivity contribution in [3.8, 4) is 0 Å². The number of esters is 1. The number of carbonyl (C=O) groups excluding carboxylic acids is 1. The molecule has 0 unspecified atom stereocenters. The molecule has 0 spiro atoms. The average molecular weight is 406 g/mol. The van der Waals surface area contributed by atoms with Crippen molar-refractivity contribution in [3.05, 3.63) is 63.2 Å². The molecule has 150 valence electrons. The number of rotatable bonds is 7. The van der Waals surface area contributed by atoms with Crippen LogP contribution in [-0.4, -0.2) is 32.5 Å². The van der Waals surface area contributed by atoms with Crippen LogP contribution in [0.5, 0.6) is 0 Å². The van der Waals surface area contributed by atoms with Crippen LogP contribution in [0.2, 0.25) is 0 Å². The number of aryl methyl sites for hydroxylation is 2. The van der Waals surface area contributed by atoms with Crippen LogP contribution in [-0.2, 0) is 19.6 Å². The van der Waals surface area contributed by atoms with Gasteiger partial charge in [0, 0.05) is 11.6 Å². The molecule has 0 radical (unpaired) electrons. The molecule has 8 nitrogen and oxygen atoms in total. The predicted octanol–water partition coefficient (Wildman–Crippen LogP) is 3.28. The first-order chi connectivity index (χ1) is 13.1. The van der Waals surface area contributed by atoms with E-state index in [9.17, 15) is 23.3 Å². The van der Waals surface area contributed by atoms with Crippen LogP contribution in [0.4, 0.5) is 11.4 Å². The van der Waals surface area contributed by atoms with Crippen molar-refractivity contribution in [2.75, 3.05) is 17.5 Å². The van der Waals surface area contributed by atoms with Gasteiger partial charge >= 0.3 is 5.97 Å². The molecular formula is C19H22N2O6S. The Morgan fingerprint density at radius 2 is 1.82 bits per heavy atom. The number of nitrogens with zero attached hydrogens (tertiary/aromatic N) is 2. The van der Waals surface area contributed by atoms with Crippen molar-refractivity contribution in [3.63, 3.8) is 0 Å². The highest BCUT2D eigenvalue weighted by Crippen LogP contribution is 2.30. The summed E-state index contributed by atoms with van der Waals surface area (Å²) in [5.74, 6) is -0.714. The minimum absolute atomic E-state index is 0.107. The molecular weight excluding hydrogens is 384 g/mol. The van der Waals surface area contributed by atoms with Crippen LogP contribution in [0.25, 0.3) is 0 Å². The Morgan fingerprint density at radius 1 is 1.14 bits per heavy atom.